The van der Waals surface area contributed by atoms with Gasteiger partial charge in [-0.25, -0.2) is 0 Å². The number of pyridine rings is 1. The minimum atomic E-state index is -0.254. The molecular formula is C20H21N5O2. The highest BCUT2D eigenvalue weighted by molar-refractivity contribution is 5.92. The average Bonchev–Trinajstić information content (AvgIpc) is 2.73. The molecule has 0 saturated carbocycles. The van der Waals surface area contributed by atoms with Gasteiger partial charge >= 0.3 is 0 Å². The van der Waals surface area contributed by atoms with E-state index in [0.29, 0.717) is 25.3 Å². The number of anilines is 1. The van der Waals surface area contributed by atoms with E-state index in [-0.39, 0.29) is 11.6 Å². The van der Waals surface area contributed by atoms with E-state index >= 15 is 0 Å². The molecule has 2 heterocycles. The molecule has 1 amide bonds. The van der Waals surface area contributed by atoms with Crippen LogP contribution < -0.4 is 15.4 Å². The molecule has 0 saturated heterocycles. The van der Waals surface area contributed by atoms with Gasteiger partial charge in [0.2, 0.25) is 0 Å². The maximum Gasteiger partial charge on any atom is 0.271 e. The molecular weight excluding hydrogens is 342 g/mol. The molecule has 1 aromatic carbocycles. The van der Waals surface area contributed by atoms with Crippen molar-refractivity contribution in [1.82, 2.24) is 20.5 Å². The minimum absolute atomic E-state index is 0.254. The van der Waals surface area contributed by atoms with Gasteiger partial charge in [0.1, 0.15) is 11.6 Å². The van der Waals surface area contributed by atoms with Gasteiger partial charge < -0.3 is 15.4 Å². The summed E-state index contributed by atoms with van der Waals surface area (Å²) in [6.45, 7) is 1.08. The van der Waals surface area contributed by atoms with Gasteiger partial charge in [-0.2, -0.15) is 0 Å². The number of carbonyl (C=O) groups excluding carboxylic acids is 1. The van der Waals surface area contributed by atoms with Crippen LogP contribution in [0.4, 0.5) is 5.82 Å². The highest BCUT2D eigenvalue weighted by atomic mass is 16.5. The fraction of sp³-hybridized carbons (Fsp3) is 0.200. The van der Waals surface area contributed by atoms with Crippen molar-refractivity contribution in [2.45, 2.75) is 13.0 Å². The Morgan fingerprint density at radius 3 is 2.70 bits per heavy atom. The average molecular weight is 363 g/mol. The first-order valence-electron chi connectivity index (χ1n) is 8.63. The van der Waals surface area contributed by atoms with Crippen molar-refractivity contribution in [3.05, 3.63) is 77.7 Å². The molecule has 0 aliphatic carbocycles. The van der Waals surface area contributed by atoms with E-state index in [1.165, 1.54) is 0 Å². The summed E-state index contributed by atoms with van der Waals surface area (Å²) < 4.78 is 5.31. The molecule has 0 fully saturated rings. The number of carbonyl (C=O) groups is 1. The third kappa shape index (κ3) is 5.24. The second-order valence-corrected chi connectivity index (χ2v) is 5.84. The zero-order valence-corrected chi connectivity index (χ0v) is 15.1. The Hall–Kier alpha value is -3.48. The van der Waals surface area contributed by atoms with Crippen molar-refractivity contribution in [1.29, 1.82) is 0 Å². The van der Waals surface area contributed by atoms with Gasteiger partial charge in [0.05, 0.1) is 7.11 Å². The maximum atomic E-state index is 12.2. The highest BCUT2D eigenvalue weighted by Crippen LogP contribution is 2.17. The van der Waals surface area contributed by atoms with Crippen molar-refractivity contribution >= 4 is 11.7 Å². The summed E-state index contributed by atoms with van der Waals surface area (Å²) in [6, 6.07) is 15.0. The molecule has 3 aromatic rings. The lowest BCUT2D eigenvalue weighted by Gasteiger charge is -2.09. The Kier molecular flexibility index (Phi) is 6.30. The fourth-order valence-electron chi connectivity index (χ4n) is 2.55. The molecule has 0 aliphatic rings. The molecule has 0 aliphatic heterocycles. The number of para-hydroxylation sites is 1. The number of ether oxygens (including phenoxy) is 1. The van der Waals surface area contributed by atoms with E-state index in [1.54, 1.807) is 31.6 Å². The van der Waals surface area contributed by atoms with Gasteiger partial charge in [0.25, 0.3) is 5.91 Å². The summed E-state index contributed by atoms with van der Waals surface area (Å²) in [7, 11) is 1.64. The normalized spacial score (nSPS) is 10.3. The van der Waals surface area contributed by atoms with E-state index < -0.39 is 0 Å². The Morgan fingerprint density at radius 2 is 1.96 bits per heavy atom. The number of hydrogen-bond acceptors (Lipinski definition) is 6. The largest absolute Gasteiger partial charge is 0.496 e. The molecule has 3 rings (SSSR count). The van der Waals surface area contributed by atoms with E-state index in [2.05, 4.69) is 25.8 Å². The Morgan fingerprint density at radius 1 is 1.07 bits per heavy atom. The molecule has 7 nitrogen and oxygen atoms in total. The van der Waals surface area contributed by atoms with Crippen LogP contribution in [-0.4, -0.2) is 34.7 Å². The molecule has 7 heteroatoms. The van der Waals surface area contributed by atoms with Crippen molar-refractivity contribution in [3.8, 4) is 5.75 Å². The number of methoxy groups -OCH3 is 1. The second kappa shape index (κ2) is 9.28. The lowest BCUT2D eigenvalue weighted by atomic mass is 10.1. The summed E-state index contributed by atoms with van der Waals surface area (Å²) in [4.78, 5) is 16.3. The van der Waals surface area contributed by atoms with Crippen molar-refractivity contribution < 1.29 is 9.53 Å². The molecule has 2 N–H and O–H groups in total. The molecule has 27 heavy (non-hydrogen) atoms. The molecule has 0 spiro atoms. The first kappa shape index (κ1) is 18.3. The number of benzene rings is 1. The topological polar surface area (TPSA) is 89.0 Å². The first-order chi connectivity index (χ1) is 13.3. The maximum absolute atomic E-state index is 12.2. The first-order valence-corrected chi connectivity index (χ1v) is 8.63. The Bertz CT molecular complexity index is 869. The van der Waals surface area contributed by atoms with E-state index in [0.717, 1.165) is 16.9 Å². The number of hydrogen-bond donors (Lipinski definition) is 2. The van der Waals surface area contributed by atoms with Crippen LogP contribution in [0.3, 0.4) is 0 Å². The third-order valence-corrected chi connectivity index (χ3v) is 3.97. The molecule has 0 bridgehead atoms. The predicted octanol–water partition coefficient (Wildman–Crippen LogP) is 2.46. The standard InChI is InChI=1S/C20H21N5O2/c1-27-18-7-3-2-6-16(18)10-12-22-20(26)17-8-9-19(25-24-17)23-14-15-5-4-11-21-13-15/h2-9,11,13H,10,12,14H2,1H3,(H,22,26)(H,23,25). The monoisotopic (exact) mass is 363 g/mol. The zero-order chi connectivity index (χ0) is 18.9. The van der Waals surface area contributed by atoms with Crippen LogP contribution in [0.1, 0.15) is 21.6 Å². The summed E-state index contributed by atoms with van der Waals surface area (Å²) in [6.07, 6.45) is 4.18. The fourth-order valence-corrected chi connectivity index (χ4v) is 2.55. The van der Waals surface area contributed by atoms with Crippen LogP contribution in [0, 0.1) is 0 Å². The Balaban J connectivity index is 1.48. The second-order valence-electron chi connectivity index (χ2n) is 5.84. The third-order valence-electron chi connectivity index (χ3n) is 3.97. The number of nitrogens with one attached hydrogen (secondary N) is 2. The molecule has 0 unspecified atom stereocenters. The smallest absolute Gasteiger partial charge is 0.271 e. The SMILES string of the molecule is COc1ccccc1CCNC(=O)c1ccc(NCc2cccnc2)nn1. The molecule has 0 atom stereocenters. The number of nitrogens with zero attached hydrogens (tertiary/aromatic N) is 3. The summed E-state index contributed by atoms with van der Waals surface area (Å²) in [5.41, 5.74) is 2.36. The number of amides is 1. The van der Waals surface area contributed by atoms with Crippen LogP contribution in [0.5, 0.6) is 5.75 Å². The number of aromatic nitrogens is 3. The van der Waals surface area contributed by atoms with Crippen LogP contribution in [0.2, 0.25) is 0 Å². The predicted molar refractivity (Wildman–Crippen MR) is 103 cm³/mol. The van der Waals surface area contributed by atoms with E-state index in [9.17, 15) is 4.79 Å². The van der Waals surface area contributed by atoms with Crippen molar-refractivity contribution in [3.63, 3.8) is 0 Å². The van der Waals surface area contributed by atoms with Crippen LogP contribution in [-0.2, 0) is 13.0 Å². The summed E-state index contributed by atoms with van der Waals surface area (Å²) >= 11 is 0. The van der Waals surface area contributed by atoms with Gasteiger partial charge in [0, 0.05) is 25.5 Å². The summed E-state index contributed by atoms with van der Waals surface area (Å²) in [5.74, 6) is 1.16. The Labute approximate surface area is 157 Å². The molecule has 138 valence electrons. The lowest BCUT2D eigenvalue weighted by molar-refractivity contribution is 0.0948. The van der Waals surface area contributed by atoms with Crippen LogP contribution in [0.15, 0.2) is 60.9 Å². The highest BCUT2D eigenvalue weighted by Gasteiger charge is 2.09. The zero-order valence-electron chi connectivity index (χ0n) is 15.1. The van der Waals surface area contributed by atoms with Gasteiger partial charge in [0.15, 0.2) is 5.69 Å². The number of rotatable bonds is 8. The van der Waals surface area contributed by atoms with Crippen molar-refractivity contribution in [2.75, 3.05) is 19.0 Å². The summed E-state index contributed by atoms with van der Waals surface area (Å²) in [5, 5.41) is 14.0. The van der Waals surface area contributed by atoms with Crippen LogP contribution >= 0.6 is 0 Å². The van der Waals surface area contributed by atoms with Gasteiger partial charge in [-0.1, -0.05) is 24.3 Å². The van der Waals surface area contributed by atoms with Gasteiger partial charge in [-0.15, -0.1) is 10.2 Å². The van der Waals surface area contributed by atoms with E-state index in [1.807, 2.05) is 36.4 Å². The molecule has 2 aromatic heterocycles. The quantitative estimate of drug-likeness (QED) is 0.639. The lowest BCUT2D eigenvalue weighted by Crippen LogP contribution is -2.27. The minimum Gasteiger partial charge on any atom is -0.496 e. The van der Waals surface area contributed by atoms with Gasteiger partial charge in [-0.3, -0.25) is 9.78 Å². The van der Waals surface area contributed by atoms with Crippen LogP contribution in [0.25, 0.3) is 0 Å². The van der Waals surface area contributed by atoms with Crippen molar-refractivity contribution in [2.24, 2.45) is 0 Å². The molecule has 0 radical (unpaired) electrons. The van der Waals surface area contributed by atoms with Gasteiger partial charge in [-0.05, 0) is 41.8 Å². The van der Waals surface area contributed by atoms with E-state index in [4.69, 9.17) is 4.74 Å².